The van der Waals surface area contributed by atoms with Gasteiger partial charge in [0.15, 0.2) is 0 Å². The highest BCUT2D eigenvalue weighted by Gasteiger charge is 1.97. The third-order valence-electron chi connectivity index (χ3n) is 2.46. The van der Waals surface area contributed by atoms with Crippen molar-refractivity contribution in [3.05, 3.63) is 59.7 Å². The first-order valence-electron chi connectivity index (χ1n) is 5.11. The molecule has 0 aliphatic carbocycles. The zero-order valence-corrected chi connectivity index (χ0v) is 9.04. The van der Waals surface area contributed by atoms with Crippen LogP contribution in [0.1, 0.15) is 11.1 Å². The van der Waals surface area contributed by atoms with Crippen LogP contribution in [0.25, 0.3) is 11.1 Å². The second-order valence-corrected chi connectivity index (χ2v) is 3.56. The number of hydrogen-bond donors (Lipinski definition) is 1. The fourth-order valence-electron chi connectivity index (χ4n) is 1.57. The van der Waals surface area contributed by atoms with E-state index in [0.717, 1.165) is 16.7 Å². The van der Waals surface area contributed by atoms with Gasteiger partial charge in [0.05, 0.1) is 17.8 Å². The summed E-state index contributed by atoms with van der Waals surface area (Å²) in [6.07, 6.45) is 1.38. The van der Waals surface area contributed by atoms with Gasteiger partial charge in [0.2, 0.25) is 0 Å². The van der Waals surface area contributed by atoms with Gasteiger partial charge in [0.25, 0.3) is 0 Å². The van der Waals surface area contributed by atoms with Gasteiger partial charge < -0.3 is 5.21 Å². The van der Waals surface area contributed by atoms with Crippen LogP contribution < -0.4 is 0 Å². The molecule has 0 saturated heterocycles. The topological polar surface area (TPSA) is 56.4 Å². The maximum absolute atomic E-state index is 8.71. The van der Waals surface area contributed by atoms with Crippen molar-refractivity contribution in [3.8, 4) is 17.2 Å². The van der Waals surface area contributed by atoms with Crippen LogP contribution in [0.15, 0.2) is 53.7 Å². The van der Waals surface area contributed by atoms with E-state index in [-0.39, 0.29) is 0 Å². The van der Waals surface area contributed by atoms with Crippen molar-refractivity contribution in [1.29, 1.82) is 5.26 Å². The Morgan fingerprint density at radius 2 is 1.47 bits per heavy atom. The standard InChI is InChI=1S/C14H10N2O/c15-9-11-1-5-13(6-2-11)14-7-3-12(4-8-14)10-16-17/h1-8,10,17H. The molecule has 17 heavy (non-hydrogen) atoms. The van der Waals surface area contributed by atoms with Gasteiger partial charge >= 0.3 is 0 Å². The Morgan fingerprint density at radius 3 is 1.94 bits per heavy atom. The second-order valence-electron chi connectivity index (χ2n) is 3.56. The molecule has 0 aliphatic rings. The highest BCUT2D eigenvalue weighted by molar-refractivity contribution is 5.80. The van der Waals surface area contributed by atoms with E-state index >= 15 is 0 Å². The van der Waals surface area contributed by atoms with Crippen molar-refractivity contribution in [2.24, 2.45) is 5.16 Å². The minimum Gasteiger partial charge on any atom is -0.411 e. The van der Waals surface area contributed by atoms with E-state index in [4.69, 9.17) is 10.5 Å². The van der Waals surface area contributed by atoms with Crippen molar-refractivity contribution >= 4 is 6.21 Å². The van der Waals surface area contributed by atoms with Gasteiger partial charge in [-0.15, -0.1) is 0 Å². The summed E-state index contributed by atoms with van der Waals surface area (Å²) in [7, 11) is 0. The van der Waals surface area contributed by atoms with Crippen molar-refractivity contribution in [1.82, 2.24) is 0 Å². The Kier molecular flexibility index (Phi) is 3.18. The third-order valence-corrected chi connectivity index (χ3v) is 2.46. The number of rotatable bonds is 2. The van der Waals surface area contributed by atoms with Gasteiger partial charge in [-0.1, -0.05) is 41.6 Å². The molecule has 0 atom stereocenters. The highest BCUT2D eigenvalue weighted by Crippen LogP contribution is 2.19. The van der Waals surface area contributed by atoms with E-state index in [1.807, 2.05) is 36.4 Å². The molecule has 0 unspecified atom stereocenters. The molecule has 0 fully saturated rings. The fourth-order valence-corrected chi connectivity index (χ4v) is 1.57. The van der Waals surface area contributed by atoms with Crippen LogP contribution in [0, 0.1) is 11.3 Å². The first-order valence-corrected chi connectivity index (χ1v) is 5.11. The Labute approximate surface area is 99.3 Å². The first-order chi connectivity index (χ1) is 8.33. The first kappa shape index (κ1) is 10.9. The summed E-state index contributed by atoms with van der Waals surface area (Å²) >= 11 is 0. The summed E-state index contributed by atoms with van der Waals surface area (Å²) < 4.78 is 0. The summed E-state index contributed by atoms with van der Waals surface area (Å²) in [4.78, 5) is 0. The lowest BCUT2D eigenvalue weighted by Crippen LogP contribution is -1.82. The predicted molar refractivity (Wildman–Crippen MR) is 66.0 cm³/mol. The largest absolute Gasteiger partial charge is 0.411 e. The molecule has 3 heteroatoms. The fraction of sp³-hybridized carbons (Fsp3) is 0. The molecule has 2 aromatic carbocycles. The zero-order valence-electron chi connectivity index (χ0n) is 9.04. The summed E-state index contributed by atoms with van der Waals surface area (Å²) in [5.74, 6) is 0. The second kappa shape index (κ2) is 4.95. The van der Waals surface area contributed by atoms with Crippen LogP contribution in [-0.2, 0) is 0 Å². The summed E-state index contributed by atoms with van der Waals surface area (Å²) in [5, 5.41) is 20.1. The number of nitriles is 1. The Bertz CT molecular complexity index is 563. The lowest BCUT2D eigenvalue weighted by molar-refractivity contribution is 0.322. The van der Waals surface area contributed by atoms with Crippen LogP contribution in [-0.4, -0.2) is 11.4 Å². The molecule has 2 rings (SSSR count). The molecular weight excluding hydrogens is 212 g/mol. The van der Waals surface area contributed by atoms with Gasteiger partial charge in [0, 0.05) is 0 Å². The molecule has 0 radical (unpaired) electrons. The van der Waals surface area contributed by atoms with Crippen LogP contribution >= 0.6 is 0 Å². The average Bonchev–Trinajstić information content (AvgIpc) is 2.40. The van der Waals surface area contributed by atoms with Gasteiger partial charge in [-0.25, -0.2) is 0 Å². The van der Waals surface area contributed by atoms with Crippen molar-refractivity contribution in [3.63, 3.8) is 0 Å². The average molecular weight is 222 g/mol. The van der Waals surface area contributed by atoms with Crippen molar-refractivity contribution < 1.29 is 5.21 Å². The van der Waals surface area contributed by atoms with E-state index in [1.54, 1.807) is 12.1 Å². The molecule has 0 aromatic heterocycles. The normalized spacial score (nSPS) is 10.3. The molecule has 1 N–H and O–H groups in total. The number of benzene rings is 2. The van der Waals surface area contributed by atoms with Gasteiger partial charge in [-0.2, -0.15) is 5.26 Å². The summed E-state index contributed by atoms with van der Waals surface area (Å²) in [6, 6.07) is 17.1. The van der Waals surface area contributed by atoms with E-state index in [1.165, 1.54) is 6.21 Å². The summed E-state index contributed by atoms with van der Waals surface area (Å²) in [5.41, 5.74) is 3.60. The SMILES string of the molecule is N#Cc1ccc(-c2ccc(C=NO)cc2)cc1. The quantitative estimate of drug-likeness (QED) is 0.482. The van der Waals surface area contributed by atoms with Gasteiger partial charge in [-0.05, 0) is 28.8 Å². The number of oxime groups is 1. The van der Waals surface area contributed by atoms with Gasteiger partial charge in [0.1, 0.15) is 0 Å². The Morgan fingerprint density at radius 1 is 0.941 bits per heavy atom. The minimum atomic E-state index is 0.651. The minimum absolute atomic E-state index is 0.651. The van der Waals surface area contributed by atoms with E-state index in [0.29, 0.717) is 5.56 Å². The third kappa shape index (κ3) is 2.50. The molecule has 0 spiro atoms. The zero-order chi connectivity index (χ0) is 12.1. The van der Waals surface area contributed by atoms with E-state index < -0.39 is 0 Å². The molecule has 82 valence electrons. The molecule has 0 aliphatic heterocycles. The lowest BCUT2D eigenvalue weighted by Gasteiger charge is -2.01. The molecular formula is C14H10N2O. The van der Waals surface area contributed by atoms with Gasteiger partial charge in [-0.3, -0.25) is 0 Å². The molecule has 0 heterocycles. The smallest absolute Gasteiger partial charge is 0.0991 e. The van der Waals surface area contributed by atoms with Crippen LogP contribution in [0.2, 0.25) is 0 Å². The van der Waals surface area contributed by atoms with Crippen LogP contribution in [0.5, 0.6) is 0 Å². The molecule has 0 bridgehead atoms. The van der Waals surface area contributed by atoms with E-state index in [9.17, 15) is 0 Å². The predicted octanol–water partition coefficient (Wildman–Crippen LogP) is 3.03. The summed E-state index contributed by atoms with van der Waals surface area (Å²) in [6.45, 7) is 0. The maximum Gasteiger partial charge on any atom is 0.0991 e. The van der Waals surface area contributed by atoms with Crippen LogP contribution in [0.4, 0.5) is 0 Å². The Hall–Kier alpha value is -2.60. The number of nitrogens with zero attached hydrogens (tertiary/aromatic N) is 2. The maximum atomic E-state index is 8.71. The molecule has 3 nitrogen and oxygen atoms in total. The number of hydrogen-bond acceptors (Lipinski definition) is 3. The Balaban J connectivity index is 2.30. The lowest BCUT2D eigenvalue weighted by atomic mass is 10.0. The molecule has 2 aromatic rings. The van der Waals surface area contributed by atoms with Crippen molar-refractivity contribution in [2.45, 2.75) is 0 Å². The monoisotopic (exact) mass is 222 g/mol. The van der Waals surface area contributed by atoms with E-state index in [2.05, 4.69) is 11.2 Å². The van der Waals surface area contributed by atoms with Crippen LogP contribution in [0.3, 0.4) is 0 Å². The molecule has 0 saturated carbocycles. The molecule has 0 amide bonds. The van der Waals surface area contributed by atoms with Crippen molar-refractivity contribution in [2.75, 3.05) is 0 Å². The highest BCUT2D eigenvalue weighted by atomic mass is 16.4.